The van der Waals surface area contributed by atoms with E-state index in [0.717, 1.165) is 0 Å². The topological polar surface area (TPSA) is 40.5 Å². The first-order valence-corrected chi connectivity index (χ1v) is 4.63. The van der Waals surface area contributed by atoms with Crippen LogP contribution in [0.5, 0.6) is 0 Å². The van der Waals surface area contributed by atoms with Crippen LogP contribution in [0.3, 0.4) is 0 Å². The van der Waals surface area contributed by atoms with Gasteiger partial charge in [0.1, 0.15) is 0 Å². The maximum Gasteiger partial charge on any atom is 0.200 e. The molecule has 7 heteroatoms. The van der Waals surface area contributed by atoms with Crippen LogP contribution in [0.25, 0.3) is 0 Å². The fourth-order valence-electron chi connectivity index (χ4n) is 1.27. The zero-order valence-electron chi connectivity index (χ0n) is 8.65. The van der Waals surface area contributed by atoms with Crippen LogP contribution in [-0.2, 0) is 0 Å². The highest BCUT2D eigenvalue weighted by atomic mass is 19.2. The molecule has 0 unspecified atom stereocenters. The Morgan fingerprint density at radius 2 is 1.24 bits per heavy atom. The van der Waals surface area contributed by atoms with E-state index in [1.165, 1.54) is 6.92 Å². The van der Waals surface area contributed by atoms with Gasteiger partial charge in [0.25, 0.3) is 0 Å². The number of hydrogen-bond acceptors (Lipinski definition) is 2. The molecule has 1 aromatic rings. The minimum atomic E-state index is -2.28. The van der Waals surface area contributed by atoms with Crippen LogP contribution in [0.2, 0.25) is 0 Å². The standard InChI is InChI=1S/C10H9F5O2/c1-3(2-16)10(17)4-5(11)7(13)9(15)8(14)6(4)12/h3,10,16-17H,2H2,1H3/t3-,10-/m0/s1. The fraction of sp³-hybridized carbons (Fsp3) is 0.400. The highest BCUT2D eigenvalue weighted by molar-refractivity contribution is 5.26. The zero-order chi connectivity index (χ0) is 13.3. The molecule has 0 aliphatic heterocycles. The Kier molecular flexibility index (Phi) is 4.05. The average Bonchev–Trinajstić information content (AvgIpc) is 2.32. The summed E-state index contributed by atoms with van der Waals surface area (Å²) in [5.41, 5.74) is -1.33. The zero-order valence-corrected chi connectivity index (χ0v) is 8.65. The molecular formula is C10H9F5O2. The first kappa shape index (κ1) is 13.9. The number of hydrogen-bond donors (Lipinski definition) is 2. The van der Waals surface area contributed by atoms with E-state index in [4.69, 9.17) is 5.11 Å². The van der Waals surface area contributed by atoms with Gasteiger partial charge >= 0.3 is 0 Å². The monoisotopic (exact) mass is 256 g/mol. The Labute approximate surface area is 93.3 Å². The van der Waals surface area contributed by atoms with E-state index in [-0.39, 0.29) is 0 Å². The molecule has 96 valence electrons. The molecular weight excluding hydrogens is 247 g/mol. The van der Waals surface area contributed by atoms with Gasteiger partial charge < -0.3 is 10.2 Å². The average molecular weight is 256 g/mol. The second-order valence-electron chi connectivity index (χ2n) is 3.59. The van der Waals surface area contributed by atoms with E-state index >= 15 is 0 Å². The van der Waals surface area contributed by atoms with Gasteiger partial charge in [0, 0.05) is 12.5 Å². The van der Waals surface area contributed by atoms with Crippen molar-refractivity contribution in [1.29, 1.82) is 0 Å². The smallest absolute Gasteiger partial charge is 0.200 e. The third-order valence-electron chi connectivity index (χ3n) is 2.37. The highest BCUT2D eigenvalue weighted by Gasteiger charge is 2.31. The van der Waals surface area contributed by atoms with E-state index in [1.54, 1.807) is 0 Å². The largest absolute Gasteiger partial charge is 0.396 e. The van der Waals surface area contributed by atoms with E-state index in [2.05, 4.69) is 0 Å². The van der Waals surface area contributed by atoms with Crippen molar-refractivity contribution in [3.8, 4) is 0 Å². The molecule has 0 aliphatic carbocycles. The molecule has 0 aliphatic rings. The molecule has 17 heavy (non-hydrogen) atoms. The maximum absolute atomic E-state index is 13.2. The van der Waals surface area contributed by atoms with Gasteiger partial charge in [0.2, 0.25) is 5.82 Å². The van der Waals surface area contributed by atoms with Gasteiger partial charge in [-0.1, -0.05) is 6.92 Å². The second-order valence-corrected chi connectivity index (χ2v) is 3.59. The Morgan fingerprint density at radius 3 is 1.59 bits per heavy atom. The first-order valence-electron chi connectivity index (χ1n) is 4.63. The van der Waals surface area contributed by atoms with Gasteiger partial charge in [0.15, 0.2) is 23.3 Å². The first-order chi connectivity index (χ1) is 7.82. The summed E-state index contributed by atoms with van der Waals surface area (Å²) in [5, 5.41) is 18.1. The Balaban J connectivity index is 3.44. The molecule has 1 aromatic carbocycles. The molecule has 0 amide bonds. The van der Waals surface area contributed by atoms with Gasteiger partial charge in [-0.05, 0) is 0 Å². The van der Waals surface area contributed by atoms with Crippen molar-refractivity contribution >= 4 is 0 Å². The predicted octanol–water partition coefficient (Wildman–Crippen LogP) is 2.04. The molecule has 0 saturated heterocycles. The van der Waals surface area contributed by atoms with E-state index < -0.39 is 53.3 Å². The molecule has 1 rings (SSSR count). The number of aliphatic hydroxyl groups is 2. The van der Waals surface area contributed by atoms with Crippen LogP contribution in [-0.4, -0.2) is 16.8 Å². The van der Waals surface area contributed by atoms with Crippen LogP contribution < -0.4 is 0 Å². The Morgan fingerprint density at radius 1 is 0.882 bits per heavy atom. The quantitative estimate of drug-likeness (QED) is 0.493. The summed E-state index contributed by atoms with van der Waals surface area (Å²) < 4.78 is 64.7. The summed E-state index contributed by atoms with van der Waals surface area (Å²) in [5.74, 6) is -11.8. The van der Waals surface area contributed by atoms with Gasteiger partial charge in [-0.25, -0.2) is 22.0 Å². The van der Waals surface area contributed by atoms with Crippen molar-refractivity contribution < 1.29 is 32.2 Å². The molecule has 2 nitrogen and oxygen atoms in total. The van der Waals surface area contributed by atoms with Gasteiger partial charge in [0.05, 0.1) is 11.7 Å². The maximum atomic E-state index is 13.2. The van der Waals surface area contributed by atoms with Gasteiger partial charge in [-0.2, -0.15) is 0 Å². The SMILES string of the molecule is C[C@@H](CO)[C@H](O)c1c(F)c(F)c(F)c(F)c1F. The number of rotatable bonds is 3. The molecule has 0 aromatic heterocycles. The Hall–Kier alpha value is -1.21. The van der Waals surface area contributed by atoms with Crippen molar-refractivity contribution in [2.45, 2.75) is 13.0 Å². The summed E-state index contributed by atoms with van der Waals surface area (Å²) in [7, 11) is 0. The van der Waals surface area contributed by atoms with E-state index in [9.17, 15) is 27.1 Å². The summed E-state index contributed by atoms with van der Waals surface area (Å²) in [6.07, 6.45) is -1.98. The molecule has 0 spiro atoms. The highest BCUT2D eigenvalue weighted by Crippen LogP contribution is 2.31. The lowest BCUT2D eigenvalue weighted by Gasteiger charge is -2.18. The summed E-state index contributed by atoms with van der Waals surface area (Å²) in [6.45, 7) is 0.531. The number of aliphatic hydroxyl groups excluding tert-OH is 2. The molecule has 2 atom stereocenters. The second kappa shape index (κ2) is 4.97. The molecule has 0 heterocycles. The van der Waals surface area contributed by atoms with Crippen molar-refractivity contribution in [3.63, 3.8) is 0 Å². The number of halogens is 5. The van der Waals surface area contributed by atoms with Crippen molar-refractivity contribution in [2.75, 3.05) is 6.61 Å². The van der Waals surface area contributed by atoms with Crippen LogP contribution in [0.4, 0.5) is 22.0 Å². The van der Waals surface area contributed by atoms with Crippen LogP contribution in [0, 0.1) is 35.0 Å². The summed E-state index contributed by atoms with van der Waals surface area (Å²) >= 11 is 0. The summed E-state index contributed by atoms with van der Waals surface area (Å²) in [6, 6.07) is 0. The minimum absolute atomic E-state index is 0.666. The van der Waals surface area contributed by atoms with Gasteiger partial charge in [-0.3, -0.25) is 0 Å². The molecule has 0 bridgehead atoms. The van der Waals surface area contributed by atoms with E-state index in [0.29, 0.717) is 0 Å². The molecule has 0 saturated carbocycles. The summed E-state index contributed by atoms with van der Waals surface area (Å²) in [4.78, 5) is 0. The number of benzene rings is 1. The minimum Gasteiger partial charge on any atom is -0.396 e. The lowest BCUT2D eigenvalue weighted by atomic mass is 9.96. The van der Waals surface area contributed by atoms with Crippen LogP contribution in [0.15, 0.2) is 0 Å². The predicted molar refractivity (Wildman–Crippen MR) is 47.4 cm³/mol. The fourth-order valence-corrected chi connectivity index (χ4v) is 1.27. The van der Waals surface area contributed by atoms with Crippen molar-refractivity contribution in [1.82, 2.24) is 0 Å². The normalized spacial score (nSPS) is 14.8. The third kappa shape index (κ3) is 2.25. The lowest BCUT2D eigenvalue weighted by Crippen LogP contribution is -2.18. The van der Waals surface area contributed by atoms with Crippen molar-refractivity contribution in [2.24, 2.45) is 5.92 Å². The van der Waals surface area contributed by atoms with Gasteiger partial charge in [-0.15, -0.1) is 0 Å². The van der Waals surface area contributed by atoms with Crippen LogP contribution >= 0.6 is 0 Å². The van der Waals surface area contributed by atoms with Crippen molar-refractivity contribution in [3.05, 3.63) is 34.6 Å². The van der Waals surface area contributed by atoms with E-state index in [1.807, 2.05) is 0 Å². The lowest BCUT2D eigenvalue weighted by molar-refractivity contribution is 0.0694. The molecule has 0 radical (unpaired) electrons. The molecule has 2 N–H and O–H groups in total. The Bertz CT molecular complexity index is 406. The third-order valence-corrected chi connectivity index (χ3v) is 2.37. The van der Waals surface area contributed by atoms with Crippen LogP contribution in [0.1, 0.15) is 18.6 Å². The molecule has 0 fully saturated rings.